The number of nitrogens with one attached hydrogen (secondary N) is 2. The number of rotatable bonds is 7. The van der Waals surface area contributed by atoms with Crippen LogP contribution in [0.5, 0.6) is 5.75 Å². The van der Waals surface area contributed by atoms with Gasteiger partial charge in [-0.3, -0.25) is 4.68 Å². The van der Waals surface area contributed by atoms with Crippen LogP contribution in [0.15, 0.2) is 48.9 Å². The van der Waals surface area contributed by atoms with E-state index in [-0.39, 0.29) is 13.2 Å². The van der Waals surface area contributed by atoms with Gasteiger partial charge in [-0.25, -0.2) is 23.9 Å². The molecule has 0 radical (unpaired) electrons. The van der Waals surface area contributed by atoms with Gasteiger partial charge < -0.3 is 25.6 Å². The molecule has 13 heteroatoms. The Labute approximate surface area is 234 Å². The molecule has 0 atom stereocenters. The van der Waals surface area contributed by atoms with Crippen LogP contribution in [0.25, 0.3) is 21.3 Å². The summed E-state index contributed by atoms with van der Waals surface area (Å²) in [5.74, 6) is -1.86. The summed E-state index contributed by atoms with van der Waals surface area (Å²) in [6, 6.07) is 4.99. The molecule has 1 aliphatic rings. The molecule has 4 aromatic rings. The second-order valence-electron chi connectivity index (χ2n) is 8.61. The van der Waals surface area contributed by atoms with Gasteiger partial charge in [0.1, 0.15) is 11.6 Å². The lowest BCUT2D eigenvalue weighted by Gasteiger charge is -2.22. The van der Waals surface area contributed by atoms with Crippen LogP contribution in [0.1, 0.15) is 31.2 Å². The Balaban J connectivity index is 0.000000431. The number of aryl methyl sites for hydroxylation is 1. The number of halogens is 1. The molecule has 0 spiro atoms. The monoisotopic (exact) mass is 570 g/mol. The Hall–Kier alpha value is -4.36. The van der Waals surface area contributed by atoms with E-state index >= 15 is 0 Å². The summed E-state index contributed by atoms with van der Waals surface area (Å²) in [5.41, 5.74) is 3.42. The average molecular weight is 571 g/mol. The minimum absolute atomic E-state index is 0. The lowest BCUT2D eigenvalue weighted by atomic mass is 10.0. The maximum Gasteiger partial charge on any atom is 0.328 e. The third-order valence-corrected chi connectivity index (χ3v) is 6.98. The summed E-state index contributed by atoms with van der Waals surface area (Å²) in [4.78, 5) is 29.4. The van der Waals surface area contributed by atoms with Crippen LogP contribution in [0.3, 0.4) is 0 Å². The fraction of sp³-hybridized carbons (Fsp3) is 0.296. The van der Waals surface area contributed by atoms with Gasteiger partial charge in [-0.2, -0.15) is 5.10 Å². The lowest BCUT2D eigenvalue weighted by molar-refractivity contribution is -0.134. The number of hydrogen-bond acceptors (Lipinski definition) is 9. The van der Waals surface area contributed by atoms with Crippen molar-refractivity contribution in [2.45, 2.75) is 33.2 Å². The molecule has 40 heavy (non-hydrogen) atoms. The predicted octanol–water partition coefficient (Wildman–Crippen LogP) is 5.03. The van der Waals surface area contributed by atoms with E-state index in [1.165, 1.54) is 12.1 Å². The zero-order valence-corrected chi connectivity index (χ0v) is 22.0. The topological polar surface area (TPSA) is 151 Å². The van der Waals surface area contributed by atoms with E-state index in [4.69, 9.17) is 19.9 Å². The number of anilines is 2. The second-order valence-corrected chi connectivity index (χ2v) is 9.87. The molecule has 4 heterocycles. The molecule has 11 nitrogen and oxygen atoms in total. The van der Waals surface area contributed by atoms with Gasteiger partial charge in [0.05, 0.1) is 41.4 Å². The molecule has 4 N–H and O–H groups in total. The highest BCUT2D eigenvalue weighted by Crippen LogP contribution is 2.41. The SMILES string of the molecule is C.COc1cc(F)ccc1-c1c(C)sc2cnc(Nc3cnn(C4CCNCC4)c3)nc12.O=C(O)C=CC(=O)O. The largest absolute Gasteiger partial charge is 0.496 e. The van der Waals surface area contributed by atoms with Crippen LogP contribution in [0.4, 0.5) is 16.0 Å². The lowest BCUT2D eigenvalue weighted by Crippen LogP contribution is -2.29. The molecule has 1 saturated heterocycles. The van der Waals surface area contributed by atoms with E-state index in [1.807, 2.05) is 24.0 Å². The second kappa shape index (κ2) is 13.6. The Kier molecular flexibility index (Phi) is 10.3. The first-order chi connectivity index (χ1) is 18.7. The van der Waals surface area contributed by atoms with Gasteiger partial charge in [-0.1, -0.05) is 7.43 Å². The number of ether oxygens (including phenoxy) is 1. The minimum Gasteiger partial charge on any atom is -0.496 e. The zero-order chi connectivity index (χ0) is 27.9. The normalized spacial score (nSPS) is 13.4. The van der Waals surface area contributed by atoms with E-state index in [1.54, 1.807) is 30.7 Å². The molecule has 1 aromatic carbocycles. The molecule has 0 bridgehead atoms. The smallest absolute Gasteiger partial charge is 0.328 e. The molecule has 1 fully saturated rings. The number of hydrogen-bond donors (Lipinski definition) is 4. The van der Waals surface area contributed by atoms with Crippen molar-refractivity contribution in [1.82, 2.24) is 25.1 Å². The Morgan fingerprint density at radius 3 is 2.55 bits per heavy atom. The maximum absolute atomic E-state index is 13.7. The number of fused-ring (bicyclic) bond motifs is 1. The number of aliphatic carboxylic acids is 2. The first-order valence-corrected chi connectivity index (χ1v) is 12.8. The number of benzene rings is 1. The highest BCUT2D eigenvalue weighted by Gasteiger charge is 2.19. The Morgan fingerprint density at radius 2 is 1.90 bits per heavy atom. The maximum atomic E-state index is 13.7. The Morgan fingerprint density at radius 1 is 1.20 bits per heavy atom. The zero-order valence-electron chi connectivity index (χ0n) is 21.2. The van der Waals surface area contributed by atoms with Crippen molar-refractivity contribution in [2.24, 2.45) is 0 Å². The van der Waals surface area contributed by atoms with Crippen molar-refractivity contribution in [1.29, 1.82) is 0 Å². The van der Waals surface area contributed by atoms with Gasteiger partial charge in [-0.05, 0) is 45.0 Å². The third-order valence-electron chi connectivity index (χ3n) is 5.95. The van der Waals surface area contributed by atoms with Gasteiger partial charge >= 0.3 is 11.9 Å². The number of thiophene rings is 1. The molecule has 3 aromatic heterocycles. The minimum atomic E-state index is -1.26. The third kappa shape index (κ3) is 7.39. The summed E-state index contributed by atoms with van der Waals surface area (Å²) >= 11 is 1.61. The predicted molar refractivity (Wildman–Crippen MR) is 152 cm³/mol. The van der Waals surface area contributed by atoms with E-state index in [2.05, 4.69) is 20.7 Å². The number of carbonyl (C=O) groups is 2. The summed E-state index contributed by atoms with van der Waals surface area (Å²) in [7, 11) is 1.55. The summed E-state index contributed by atoms with van der Waals surface area (Å²) in [6.45, 7) is 4.06. The van der Waals surface area contributed by atoms with Crippen molar-refractivity contribution >= 4 is 45.1 Å². The van der Waals surface area contributed by atoms with Crippen LogP contribution in [0.2, 0.25) is 0 Å². The highest BCUT2D eigenvalue weighted by atomic mass is 32.1. The van der Waals surface area contributed by atoms with Crippen molar-refractivity contribution in [2.75, 3.05) is 25.5 Å². The number of methoxy groups -OCH3 is 1. The molecular weight excluding hydrogens is 539 g/mol. The van der Waals surface area contributed by atoms with E-state index in [0.717, 1.165) is 57.8 Å². The number of aromatic nitrogens is 4. The van der Waals surface area contributed by atoms with Gasteiger partial charge in [-0.15, -0.1) is 11.3 Å². The number of piperidine rings is 1. The van der Waals surface area contributed by atoms with Crippen molar-refractivity contribution in [3.63, 3.8) is 0 Å². The van der Waals surface area contributed by atoms with Gasteiger partial charge in [0.2, 0.25) is 5.95 Å². The molecule has 5 rings (SSSR count). The number of carboxylic acid groups (broad SMARTS) is 2. The summed E-state index contributed by atoms with van der Waals surface area (Å²) in [6.07, 6.45) is 8.88. The van der Waals surface area contributed by atoms with Gasteiger partial charge in [0.15, 0.2) is 0 Å². The summed E-state index contributed by atoms with van der Waals surface area (Å²) in [5, 5.41) is 26.8. The molecular formula is C27H31FN6O5S. The van der Waals surface area contributed by atoms with Crippen LogP contribution in [-0.2, 0) is 9.59 Å². The molecule has 0 amide bonds. The van der Waals surface area contributed by atoms with Gasteiger partial charge in [0, 0.05) is 40.4 Å². The Bertz CT molecular complexity index is 1500. The summed E-state index contributed by atoms with van der Waals surface area (Å²) < 4.78 is 22.1. The first-order valence-electron chi connectivity index (χ1n) is 12.0. The van der Waals surface area contributed by atoms with E-state index in [9.17, 15) is 14.0 Å². The fourth-order valence-corrected chi connectivity index (χ4v) is 5.19. The molecule has 0 saturated carbocycles. The fourth-order valence-electron chi connectivity index (χ4n) is 4.20. The standard InChI is InChI=1S/C22H23FN6OS.C4H4O4.CH4/c1-13-20(17-4-3-14(23)9-18(17)30-2)21-19(31-13)11-25-22(28-21)27-15-10-26-29(12-15)16-5-7-24-8-6-16;5-3(6)1-2-4(7)8;/h3-4,9-12,16,24H,5-8H2,1-2H3,(H,25,27,28);1-2H,(H,5,6)(H,7,8);1H4. The van der Waals surface area contributed by atoms with Crippen LogP contribution in [0, 0.1) is 12.7 Å². The molecule has 1 aliphatic heterocycles. The van der Waals surface area contributed by atoms with Crippen LogP contribution in [-0.4, -0.2) is 62.1 Å². The van der Waals surface area contributed by atoms with Crippen molar-refractivity contribution in [3.05, 3.63) is 59.6 Å². The molecule has 212 valence electrons. The average Bonchev–Trinajstić information content (AvgIpc) is 3.52. The molecule has 0 aliphatic carbocycles. The van der Waals surface area contributed by atoms with Crippen LogP contribution < -0.4 is 15.4 Å². The van der Waals surface area contributed by atoms with Crippen molar-refractivity contribution in [3.8, 4) is 16.9 Å². The number of carboxylic acids is 2. The van der Waals surface area contributed by atoms with Crippen LogP contribution >= 0.6 is 11.3 Å². The van der Waals surface area contributed by atoms with E-state index < -0.39 is 11.9 Å². The quantitative estimate of drug-likeness (QED) is 0.223. The van der Waals surface area contributed by atoms with E-state index in [0.29, 0.717) is 29.9 Å². The molecule has 0 unspecified atom stereocenters. The number of nitrogens with zero attached hydrogens (tertiary/aromatic N) is 4. The van der Waals surface area contributed by atoms with Crippen molar-refractivity contribution < 1.29 is 28.9 Å². The van der Waals surface area contributed by atoms with Gasteiger partial charge in [0.25, 0.3) is 0 Å². The first kappa shape index (κ1) is 30.2. The highest BCUT2D eigenvalue weighted by molar-refractivity contribution is 7.19.